The quantitative estimate of drug-likeness (QED) is 0.568. The summed E-state index contributed by atoms with van der Waals surface area (Å²) in [5.74, 6) is 0. The second-order valence-electron chi connectivity index (χ2n) is 3.32. The zero-order chi connectivity index (χ0) is 9.10. The van der Waals surface area contributed by atoms with E-state index in [1.807, 2.05) is 13.0 Å². The van der Waals surface area contributed by atoms with E-state index in [-0.39, 0.29) is 0 Å². The fourth-order valence-corrected chi connectivity index (χ4v) is 1.55. The molecule has 13 heavy (non-hydrogen) atoms. The van der Waals surface area contributed by atoms with E-state index in [1.165, 1.54) is 5.56 Å². The highest BCUT2D eigenvalue weighted by atomic mass is 14.7. The van der Waals surface area contributed by atoms with Gasteiger partial charge in [0.2, 0.25) is 0 Å². The molecule has 0 saturated carbocycles. The molecule has 1 heterocycles. The van der Waals surface area contributed by atoms with Gasteiger partial charge in [-0.3, -0.25) is 4.99 Å². The van der Waals surface area contributed by atoms with Crippen molar-refractivity contribution in [1.82, 2.24) is 0 Å². The summed E-state index contributed by atoms with van der Waals surface area (Å²) in [5, 5.41) is 0. The molecule has 1 nitrogen and oxygen atoms in total. The molecule has 1 heteroatoms. The van der Waals surface area contributed by atoms with Crippen molar-refractivity contribution in [2.24, 2.45) is 4.99 Å². The van der Waals surface area contributed by atoms with Gasteiger partial charge in [-0.2, -0.15) is 0 Å². The Morgan fingerprint density at radius 3 is 3.00 bits per heavy atom. The molecule has 0 atom stereocenters. The number of hydrogen-bond acceptors (Lipinski definition) is 1. The Labute approximate surface area is 78.8 Å². The normalized spacial score (nSPS) is 18.1. The van der Waals surface area contributed by atoms with Gasteiger partial charge in [0.15, 0.2) is 0 Å². The van der Waals surface area contributed by atoms with E-state index < -0.39 is 0 Å². The molecule has 1 aromatic carbocycles. The van der Waals surface area contributed by atoms with Crippen LogP contribution in [0, 0.1) is 0 Å². The van der Waals surface area contributed by atoms with Crippen LogP contribution in [0.4, 0.5) is 5.69 Å². The van der Waals surface area contributed by atoms with Crippen LogP contribution in [-0.4, -0.2) is 5.71 Å². The molecule has 1 aliphatic rings. The van der Waals surface area contributed by atoms with Gasteiger partial charge in [0.1, 0.15) is 0 Å². The number of nitrogens with zero attached hydrogens (tertiary/aromatic N) is 1. The van der Waals surface area contributed by atoms with Crippen molar-refractivity contribution < 1.29 is 0 Å². The first-order valence-corrected chi connectivity index (χ1v) is 4.66. The Balaban J connectivity index is 2.48. The molecule has 0 N–H and O–H groups in total. The summed E-state index contributed by atoms with van der Waals surface area (Å²) in [6.45, 7) is 2.04. The summed E-state index contributed by atoms with van der Waals surface area (Å²) in [6, 6.07) is 8.36. The first-order valence-electron chi connectivity index (χ1n) is 4.66. The van der Waals surface area contributed by atoms with Crippen molar-refractivity contribution >= 4 is 11.4 Å². The standard InChI is InChI=1S/C12H13N/c1-10-6-2-3-7-11-8-4-5-9-12(11)13-10/h2,4-6,8-9H,3,7H2,1H3/b6-2-,13-10?. The second kappa shape index (κ2) is 3.56. The summed E-state index contributed by atoms with van der Waals surface area (Å²) in [7, 11) is 0. The molecular weight excluding hydrogens is 158 g/mol. The van der Waals surface area contributed by atoms with E-state index in [0.717, 1.165) is 24.2 Å². The van der Waals surface area contributed by atoms with E-state index in [1.54, 1.807) is 0 Å². The van der Waals surface area contributed by atoms with Crippen molar-refractivity contribution in [2.45, 2.75) is 19.8 Å². The number of allylic oxidation sites excluding steroid dienone is 2. The monoisotopic (exact) mass is 171 g/mol. The molecular formula is C12H13N. The van der Waals surface area contributed by atoms with Gasteiger partial charge in [-0.1, -0.05) is 24.3 Å². The summed E-state index contributed by atoms with van der Waals surface area (Å²) in [6.07, 6.45) is 6.50. The predicted octanol–water partition coefficient (Wildman–Crippen LogP) is 3.28. The van der Waals surface area contributed by atoms with Gasteiger partial charge in [0.25, 0.3) is 0 Å². The number of benzene rings is 1. The van der Waals surface area contributed by atoms with Crippen molar-refractivity contribution in [3.05, 3.63) is 42.0 Å². The van der Waals surface area contributed by atoms with Crippen LogP contribution in [0.15, 0.2) is 41.4 Å². The molecule has 0 radical (unpaired) electrons. The highest BCUT2D eigenvalue weighted by molar-refractivity contribution is 5.95. The third kappa shape index (κ3) is 1.86. The summed E-state index contributed by atoms with van der Waals surface area (Å²) >= 11 is 0. The molecule has 66 valence electrons. The average Bonchev–Trinajstić information content (AvgIpc) is 2.11. The lowest BCUT2D eigenvalue weighted by molar-refractivity contribution is 0.997. The zero-order valence-corrected chi connectivity index (χ0v) is 7.83. The van der Waals surface area contributed by atoms with Crippen molar-refractivity contribution in [3.63, 3.8) is 0 Å². The van der Waals surface area contributed by atoms with Gasteiger partial charge in [0.05, 0.1) is 5.69 Å². The van der Waals surface area contributed by atoms with Crippen LogP contribution in [0.25, 0.3) is 0 Å². The summed E-state index contributed by atoms with van der Waals surface area (Å²) in [5.41, 5.74) is 3.57. The maximum absolute atomic E-state index is 4.53. The van der Waals surface area contributed by atoms with Gasteiger partial charge in [0, 0.05) is 5.71 Å². The van der Waals surface area contributed by atoms with Gasteiger partial charge in [-0.15, -0.1) is 0 Å². The van der Waals surface area contributed by atoms with Crippen molar-refractivity contribution in [3.8, 4) is 0 Å². The largest absolute Gasteiger partial charge is 0.253 e. The van der Waals surface area contributed by atoms with E-state index in [9.17, 15) is 0 Å². The van der Waals surface area contributed by atoms with Crippen LogP contribution in [-0.2, 0) is 6.42 Å². The van der Waals surface area contributed by atoms with Crippen LogP contribution < -0.4 is 0 Å². The molecule has 1 aromatic rings. The second-order valence-corrected chi connectivity index (χ2v) is 3.32. The molecule has 0 unspecified atom stereocenters. The minimum absolute atomic E-state index is 1.09. The molecule has 0 aliphatic carbocycles. The Morgan fingerprint density at radius 1 is 1.23 bits per heavy atom. The third-order valence-corrected chi connectivity index (χ3v) is 2.23. The predicted molar refractivity (Wildman–Crippen MR) is 56.7 cm³/mol. The van der Waals surface area contributed by atoms with E-state index in [4.69, 9.17) is 0 Å². The summed E-state index contributed by atoms with van der Waals surface area (Å²) < 4.78 is 0. The van der Waals surface area contributed by atoms with E-state index in [2.05, 4.69) is 35.3 Å². The fourth-order valence-electron chi connectivity index (χ4n) is 1.55. The number of hydrogen-bond donors (Lipinski definition) is 0. The first kappa shape index (κ1) is 8.24. The molecule has 1 aliphatic heterocycles. The average molecular weight is 171 g/mol. The van der Waals surface area contributed by atoms with Gasteiger partial charge >= 0.3 is 0 Å². The zero-order valence-electron chi connectivity index (χ0n) is 7.83. The highest BCUT2D eigenvalue weighted by Crippen LogP contribution is 2.22. The Morgan fingerprint density at radius 2 is 2.08 bits per heavy atom. The fraction of sp³-hybridized carbons (Fsp3) is 0.250. The smallest absolute Gasteiger partial charge is 0.0664 e. The Bertz CT molecular complexity index is 361. The Kier molecular flexibility index (Phi) is 2.26. The lowest BCUT2D eigenvalue weighted by Gasteiger charge is -2.06. The minimum Gasteiger partial charge on any atom is -0.253 e. The number of aliphatic imine (C=N–C) groups is 1. The van der Waals surface area contributed by atoms with Crippen LogP contribution in [0.5, 0.6) is 0 Å². The highest BCUT2D eigenvalue weighted by Gasteiger charge is 2.01. The van der Waals surface area contributed by atoms with Gasteiger partial charge < -0.3 is 0 Å². The van der Waals surface area contributed by atoms with Crippen molar-refractivity contribution in [1.29, 1.82) is 0 Å². The SMILES string of the molecule is CC1=Nc2ccccc2CC/C=C\1. The number of aryl methyl sites for hydroxylation is 1. The number of rotatable bonds is 0. The lowest BCUT2D eigenvalue weighted by atomic mass is 10.1. The molecule has 0 spiro atoms. The molecule has 0 amide bonds. The number of fused-ring (bicyclic) bond motifs is 1. The van der Waals surface area contributed by atoms with E-state index >= 15 is 0 Å². The van der Waals surface area contributed by atoms with E-state index in [0.29, 0.717) is 0 Å². The molecule has 0 fully saturated rings. The van der Waals surface area contributed by atoms with Crippen LogP contribution in [0.1, 0.15) is 18.9 Å². The molecule has 0 bridgehead atoms. The van der Waals surface area contributed by atoms with Gasteiger partial charge in [-0.05, 0) is 37.5 Å². The molecule has 2 rings (SSSR count). The van der Waals surface area contributed by atoms with Crippen LogP contribution in [0.2, 0.25) is 0 Å². The Hall–Kier alpha value is -1.37. The number of para-hydroxylation sites is 1. The van der Waals surface area contributed by atoms with Gasteiger partial charge in [-0.25, -0.2) is 0 Å². The third-order valence-electron chi connectivity index (χ3n) is 2.23. The molecule has 0 saturated heterocycles. The maximum Gasteiger partial charge on any atom is 0.0664 e. The van der Waals surface area contributed by atoms with Crippen LogP contribution >= 0.6 is 0 Å². The summed E-state index contributed by atoms with van der Waals surface area (Å²) in [4.78, 5) is 4.53. The first-order chi connectivity index (χ1) is 6.36. The maximum atomic E-state index is 4.53. The van der Waals surface area contributed by atoms with Crippen molar-refractivity contribution in [2.75, 3.05) is 0 Å². The minimum atomic E-state index is 1.09. The molecule has 0 aromatic heterocycles. The lowest BCUT2D eigenvalue weighted by Crippen LogP contribution is -1.91. The topological polar surface area (TPSA) is 12.4 Å². The van der Waals surface area contributed by atoms with Crippen LogP contribution in [0.3, 0.4) is 0 Å².